The van der Waals surface area contributed by atoms with Crippen LogP contribution in [0.5, 0.6) is 0 Å². The molecule has 0 spiro atoms. The quantitative estimate of drug-likeness (QED) is 0.655. The molecule has 0 bridgehead atoms. The second-order valence-corrected chi connectivity index (χ2v) is 5.20. The summed E-state index contributed by atoms with van der Waals surface area (Å²) in [5.41, 5.74) is 0. The average molecular weight is 211 g/mol. The minimum Gasteiger partial charge on any atom is -0.316 e. The van der Waals surface area contributed by atoms with E-state index >= 15 is 0 Å². The molecule has 2 atom stereocenters. The van der Waals surface area contributed by atoms with Crippen molar-refractivity contribution < 1.29 is 0 Å². The summed E-state index contributed by atoms with van der Waals surface area (Å²) in [7, 11) is 2.22. The van der Waals surface area contributed by atoms with Crippen LogP contribution >= 0.6 is 0 Å². The Labute approximate surface area is 93.6 Å². The maximum absolute atomic E-state index is 3.61. The lowest BCUT2D eigenvalue weighted by Crippen LogP contribution is -2.30. The van der Waals surface area contributed by atoms with Gasteiger partial charge in [0.15, 0.2) is 0 Å². The first-order valence-electron chi connectivity index (χ1n) is 6.47. The normalized spacial score (nSPS) is 32.6. The van der Waals surface area contributed by atoms with Gasteiger partial charge in [-0.15, -0.1) is 0 Å². The van der Waals surface area contributed by atoms with Gasteiger partial charge < -0.3 is 15.5 Å². The summed E-state index contributed by atoms with van der Waals surface area (Å²) in [6.07, 6.45) is 5.44. The number of hydrogen-bond acceptors (Lipinski definition) is 3. The summed E-state index contributed by atoms with van der Waals surface area (Å²) in [6.45, 7) is 6.22. The fourth-order valence-corrected chi connectivity index (χ4v) is 2.78. The van der Waals surface area contributed by atoms with E-state index in [0.29, 0.717) is 0 Å². The number of hydrogen-bond donors (Lipinski definition) is 2. The lowest BCUT2D eigenvalue weighted by Gasteiger charge is -2.13. The predicted octanol–water partition coefficient (Wildman–Crippen LogP) is 0.670. The number of nitrogens with zero attached hydrogens (tertiary/aromatic N) is 1. The largest absolute Gasteiger partial charge is 0.316 e. The van der Waals surface area contributed by atoms with Gasteiger partial charge in [0.2, 0.25) is 0 Å². The van der Waals surface area contributed by atoms with Crippen LogP contribution in [0.4, 0.5) is 0 Å². The molecule has 0 radical (unpaired) electrons. The molecule has 0 saturated carbocycles. The Bertz CT molecular complexity index is 178. The van der Waals surface area contributed by atoms with Gasteiger partial charge in [-0.2, -0.15) is 0 Å². The zero-order valence-electron chi connectivity index (χ0n) is 9.97. The van der Waals surface area contributed by atoms with Gasteiger partial charge in [0.05, 0.1) is 0 Å². The lowest BCUT2D eigenvalue weighted by atomic mass is 10.1. The van der Waals surface area contributed by atoms with E-state index in [1.54, 1.807) is 0 Å². The zero-order chi connectivity index (χ0) is 10.5. The zero-order valence-corrected chi connectivity index (χ0v) is 9.97. The first kappa shape index (κ1) is 11.4. The second-order valence-electron chi connectivity index (χ2n) is 5.20. The van der Waals surface area contributed by atoms with Crippen molar-refractivity contribution in [3.63, 3.8) is 0 Å². The van der Waals surface area contributed by atoms with Crippen molar-refractivity contribution in [3.8, 4) is 0 Å². The van der Waals surface area contributed by atoms with Crippen LogP contribution in [0.1, 0.15) is 25.7 Å². The molecule has 0 aromatic heterocycles. The highest BCUT2D eigenvalue weighted by Gasteiger charge is 2.19. The average Bonchev–Trinajstić information content (AvgIpc) is 2.84. The molecule has 0 aliphatic carbocycles. The molecule has 0 aromatic rings. The highest BCUT2D eigenvalue weighted by molar-refractivity contribution is 4.77. The maximum Gasteiger partial charge on any atom is 0.00796 e. The van der Waals surface area contributed by atoms with Gasteiger partial charge in [-0.05, 0) is 64.8 Å². The molecule has 2 aliphatic heterocycles. The Morgan fingerprint density at radius 2 is 2.33 bits per heavy atom. The van der Waals surface area contributed by atoms with Crippen LogP contribution in [-0.2, 0) is 0 Å². The van der Waals surface area contributed by atoms with Crippen molar-refractivity contribution in [2.75, 3.05) is 39.8 Å². The molecule has 15 heavy (non-hydrogen) atoms. The number of nitrogens with one attached hydrogen (secondary N) is 2. The molecule has 3 heteroatoms. The molecule has 2 saturated heterocycles. The highest BCUT2D eigenvalue weighted by atomic mass is 15.1. The van der Waals surface area contributed by atoms with E-state index in [4.69, 9.17) is 0 Å². The van der Waals surface area contributed by atoms with E-state index in [2.05, 4.69) is 22.6 Å². The van der Waals surface area contributed by atoms with Crippen molar-refractivity contribution in [2.24, 2.45) is 5.92 Å². The van der Waals surface area contributed by atoms with E-state index < -0.39 is 0 Å². The smallest absolute Gasteiger partial charge is 0.00796 e. The molecule has 2 fully saturated rings. The molecule has 2 heterocycles. The number of likely N-dealkylation sites (tertiary alicyclic amines) is 1. The third kappa shape index (κ3) is 3.74. The van der Waals surface area contributed by atoms with Crippen LogP contribution in [0.25, 0.3) is 0 Å². The van der Waals surface area contributed by atoms with Crippen molar-refractivity contribution in [1.82, 2.24) is 15.5 Å². The van der Waals surface area contributed by atoms with Crippen molar-refractivity contribution in [2.45, 2.75) is 31.7 Å². The van der Waals surface area contributed by atoms with E-state index in [9.17, 15) is 0 Å². The van der Waals surface area contributed by atoms with E-state index in [1.165, 1.54) is 58.4 Å². The molecule has 2 rings (SSSR count). The maximum atomic E-state index is 3.61. The Balaban J connectivity index is 1.48. The van der Waals surface area contributed by atoms with E-state index in [0.717, 1.165) is 12.0 Å². The lowest BCUT2D eigenvalue weighted by molar-refractivity contribution is 0.386. The monoisotopic (exact) mass is 211 g/mol. The summed E-state index contributed by atoms with van der Waals surface area (Å²) in [5, 5.41) is 7.15. The molecule has 2 aliphatic rings. The standard InChI is InChI=1S/C12H25N3/c1-15-8-5-11(10-15)9-13-7-4-12-3-2-6-14-12/h11-14H,2-10H2,1H3. The van der Waals surface area contributed by atoms with Gasteiger partial charge >= 0.3 is 0 Å². The van der Waals surface area contributed by atoms with Crippen molar-refractivity contribution >= 4 is 0 Å². The summed E-state index contributed by atoms with van der Waals surface area (Å²) < 4.78 is 0. The Morgan fingerprint density at radius 1 is 1.40 bits per heavy atom. The molecule has 2 N–H and O–H groups in total. The highest BCUT2D eigenvalue weighted by Crippen LogP contribution is 2.13. The van der Waals surface area contributed by atoms with Gasteiger partial charge in [0.1, 0.15) is 0 Å². The molecular formula is C12H25N3. The second kappa shape index (κ2) is 5.83. The summed E-state index contributed by atoms with van der Waals surface area (Å²) in [6, 6.07) is 0.795. The van der Waals surface area contributed by atoms with Crippen LogP contribution in [-0.4, -0.2) is 50.7 Å². The van der Waals surface area contributed by atoms with Gasteiger partial charge in [0, 0.05) is 12.6 Å². The molecule has 3 nitrogen and oxygen atoms in total. The molecule has 2 unspecified atom stereocenters. The van der Waals surface area contributed by atoms with Crippen LogP contribution < -0.4 is 10.6 Å². The minimum atomic E-state index is 0.795. The van der Waals surface area contributed by atoms with Crippen molar-refractivity contribution in [3.05, 3.63) is 0 Å². The van der Waals surface area contributed by atoms with Gasteiger partial charge in [-0.1, -0.05) is 0 Å². The number of rotatable bonds is 5. The van der Waals surface area contributed by atoms with Gasteiger partial charge in [-0.3, -0.25) is 0 Å². The third-order valence-electron chi connectivity index (χ3n) is 3.75. The Morgan fingerprint density at radius 3 is 3.00 bits per heavy atom. The first-order valence-corrected chi connectivity index (χ1v) is 6.47. The van der Waals surface area contributed by atoms with Gasteiger partial charge in [-0.25, -0.2) is 0 Å². The molecule has 88 valence electrons. The summed E-state index contributed by atoms with van der Waals surface area (Å²) in [4.78, 5) is 2.44. The minimum absolute atomic E-state index is 0.795. The fraction of sp³-hybridized carbons (Fsp3) is 1.00. The van der Waals surface area contributed by atoms with Crippen LogP contribution in [0.15, 0.2) is 0 Å². The van der Waals surface area contributed by atoms with Crippen LogP contribution in [0.3, 0.4) is 0 Å². The Hall–Kier alpha value is -0.120. The summed E-state index contributed by atoms with van der Waals surface area (Å²) in [5.74, 6) is 0.895. The van der Waals surface area contributed by atoms with E-state index in [1.807, 2.05) is 0 Å². The molecule has 0 amide bonds. The topological polar surface area (TPSA) is 27.3 Å². The summed E-state index contributed by atoms with van der Waals surface area (Å²) >= 11 is 0. The van der Waals surface area contributed by atoms with E-state index in [-0.39, 0.29) is 0 Å². The SMILES string of the molecule is CN1CCC(CNCCC2CCCN2)C1. The van der Waals surface area contributed by atoms with Gasteiger partial charge in [0.25, 0.3) is 0 Å². The predicted molar refractivity (Wildman–Crippen MR) is 64.1 cm³/mol. The third-order valence-corrected chi connectivity index (χ3v) is 3.75. The van der Waals surface area contributed by atoms with Crippen LogP contribution in [0.2, 0.25) is 0 Å². The van der Waals surface area contributed by atoms with Crippen LogP contribution in [0, 0.1) is 5.92 Å². The molecular weight excluding hydrogens is 186 g/mol. The Kier molecular flexibility index (Phi) is 4.42. The van der Waals surface area contributed by atoms with Crippen molar-refractivity contribution in [1.29, 1.82) is 0 Å². The first-order chi connectivity index (χ1) is 7.34. The fourth-order valence-electron chi connectivity index (χ4n) is 2.78. The molecule has 0 aromatic carbocycles.